The zero-order valence-electron chi connectivity index (χ0n) is 9.97. The minimum absolute atomic E-state index is 0.0681. The van der Waals surface area contributed by atoms with Crippen molar-refractivity contribution < 1.29 is 13.5 Å². The molecule has 0 bridgehead atoms. The number of para-hydroxylation sites is 1. The van der Waals surface area contributed by atoms with Gasteiger partial charge in [-0.2, -0.15) is 0 Å². The summed E-state index contributed by atoms with van der Waals surface area (Å²) in [5.41, 5.74) is 6.59. The van der Waals surface area contributed by atoms with E-state index >= 15 is 0 Å². The van der Waals surface area contributed by atoms with Crippen molar-refractivity contribution >= 4 is 21.2 Å². The number of rotatable bonds is 5. The van der Waals surface area contributed by atoms with Crippen molar-refractivity contribution in [3.8, 4) is 0 Å². The number of hydrogen-bond acceptors (Lipinski definition) is 5. The van der Waals surface area contributed by atoms with Crippen molar-refractivity contribution in [2.45, 2.75) is 11.8 Å². The first-order chi connectivity index (χ1) is 7.86. The molecule has 0 radical (unpaired) electrons. The Hall–Kier alpha value is -1.27. The monoisotopic (exact) mass is 258 g/mol. The van der Waals surface area contributed by atoms with E-state index < -0.39 is 9.84 Å². The number of benzene rings is 1. The molecular formula is C11H18N2O3S. The third-order valence-electron chi connectivity index (χ3n) is 2.42. The normalized spacial score (nSPS) is 13.4. The minimum atomic E-state index is -3.31. The van der Waals surface area contributed by atoms with E-state index in [1.807, 2.05) is 6.92 Å². The lowest BCUT2D eigenvalue weighted by atomic mass is 10.2. The number of nitrogens with two attached hydrogens (primary N) is 1. The molecule has 0 saturated carbocycles. The Bertz CT molecular complexity index is 485. The standard InChI is InChI=1S/C11H18N2O3S/c1-8(7-14)6-13-9-4-3-5-10(11(9)12)17(2,15)16/h3-5,8,13-14H,6-7,12H2,1-2H3. The second-order valence-corrected chi connectivity index (χ2v) is 6.14. The summed E-state index contributed by atoms with van der Waals surface area (Å²) in [6, 6.07) is 4.83. The summed E-state index contributed by atoms with van der Waals surface area (Å²) in [4.78, 5) is 0.124. The molecular weight excluding hydrogens is 240 g/mol. The predicted molar refractivity (Wildman–Crippen MR) is 68.7 cm³/mol. The van der Waals surface area contributed by atoms with Crippen LogP contribution in [0.25, 0.3) is 0 Å². The molecule has 1 atom stereocenters. The van der Waals surface area contributed by atoms with Crippen molar-refractivity contribution in [3.63, 3.8) is 0 Å². The fourth-order valence-corrected chi connectivity index (χ4v) is 2.21. The van der Waals surface area contributed by atoms with Crippen LogP contribution in [0.2, 0.25) is 0 Å². The molecule has 0 spiro atoms. The van der Waals surface area contributed by atoms with E-state index in [2.05, 4.69) is 5.32 Å². The Kier molecular flexibility index (Phi) is 4.36. The minimum Gasteiger partial charge on any atom is -0.396 e. The van der Waals surface area contributed by atoms with Gasteiger partial charge in [0.25, 0.3) is 0 Å². The maximum atomic E-state index is 11.5. The molecule has 0 fully saturated rings. The molecule has 1 rings (SSSR count). The maximum absolute atomic E-state index is 11.5. The van der Waals surface area contributed by atoms with Gasteiger partial charge in [-0.25, -0.2) is 8.42 Å². The lowest BCUT2D eigenvalue weighted by Gasteiger charge is -2.14. The number of hydrogen-bond donors (Lipinski definition) is 3. The SMILES string of the molecule is CC(CO)CNc1cccc(S(C)(=O)=O)c1N. The van der Waals surface area contributed by atoms with Crippen molar-refractivity contribution in [2.24, 2.45) is 5.92 Å². The van der Waals surface area contributed by atoms with Crippen LogP contribution in [0.1, 0.15) is 6.92 Å². The molecule has 0 aliphatic rings. The molecule has 0 saturated heterocycles. The zero-order chi connectivity index (χ0) is 13.1. The largest absolute Gasteiger partial charge is 0.396 e. The van der Waals surface area contributed by atoms with Crippen LogP contribution in [-0.2, 0) is 9.84 Å². The number of aliphatic hydroxyl groups excluding tert-OH is 1. The Balaban J connectivity index is 2.96. The summed E-state index contributed by atoms with van der Waals surface area (Å²) in [7, 11) is -3.31. The van der Waals surface area contributed by atoms with Gasteiger partial charge >= 0.3 is 0 Å². The van der Waals surface area contributed by atoms with Gasteiger partial charge in [0.1, 0.15) is 0 Å². The number of aliphatic hydroxyl groups is 1. The van der Waals surface area contributed by atoms with Gasteiger partial charge < -0.3 is 16.2 Å². The fourth-order valence-electron chi connectivity index (χ4n) is 1.37. The summed E-state index contributed by atoms with van der Waals surface area (Å²) in [5.74, 6) is 0.0799. The molecule has 0 amide bonds. The van der Waals surface area contributed by atoms with E-state index in [4.69, 9.17) is 10.8 Å². The van der Waals surface area contributed by atoms with Gasteiger partial charge in [0.2, 0.25) is 0 Å². The van der Waals surface area contributed by atoms with Crippen LogP contribution >= 0.6 is 0 Å². The molecule has 1 aromatic carbocycles. The van der Waals surface area contributed by atoms with Crippen LogP contribution in [0.4, 0.5) is 11.4 Å². The van der Waals surface area contributed by atoms with Gasteiger partial charge in [-0.3, -0.25) is 0 Å². The lowest BCUT2D eigenvalue weighted by molar-refractivity contribution is 0.244. The van der Waals surface area contributed by atoms with Gasteiger partial charge in [0.15, 0.2) is 9.84 Å². The molecule has 1 aromatic rings. The molecule has 0 aromatic heterocycles. The summed E-state index contributed by atoms with van der Waals surface area (Å²) in [6.45, 7) is 2.48. The van der Waals surface area contributed by atoms with E-state index in [0.29, 0.717) is 12.2 Å². The van der Waals surface area contributed by atoms with E-state index in [-0.39, 0.29) is 23.1 Å². The fraction of sp³-hybridized carbons (Fsp3) is 0.455. The maximum Gasteiger partial charge on any atom is 0.177 e. The molecule has 1 unspecified atom stereocenters. The second-order valence-electron chi connectivity index (χ2n) is 4.16. The van der Waals surface area contributed by atoms with Crippen LogP contribution in [0.3, 0.4) is 0 Å². The Labute approximate surface area is 102 Å². The summed E-state index contributed by atoms with van der Waals surface area (Å²) in [5, 5.41) is 11.9. The van der Waals surface area contributed by atoms with Crippen LogP contribution in [0.5, 0.6) is 0 Å². The quantitative estimate of drug-likeness (QED) is 0.677. The number of nitrogen functional groups attached to an aromatic ring is 1. The van der Waals surface area contributed by atoms with E-state index in [0.717, 1.165) is 6.26 Å². The van der Waals surface area contributed by atoms with Gasteiger partial charge in [-0.15, -0.1) is 0 Å². The van der Waals surface area contributed by atoms with Gasteiger partial charge in [0, 0.05) is 19.4 Å². The van der Waals surface area contributed by atoms with Gasteiger partial charge in [-0.1, -0.05) is 13.0 Å². The van der Waals surface area contributed by atoms with Crippen LogP contribution in [0.15, 0.2) is 23.1 Å². The first-order valence-electron chi connectivity index (χ1n) is 5.29. The topological polar surface area (TPSA) is 92.4 Å². The van der Waals surface area contributed by atoms with E-state index in [9.17, 15) is 8.42 Å². The lowest BCUT2D eigenvalue weighted by Crippen LogP contribution is -2.16. The number of anilines is 2. The van der Waals surface area contributed by atoms with Crippen LogP contribution < -0.4 is 11.1 Å². The highest BCUT2D eigenvalue weighted by Gasteiger charge is 2.14. The Morgan fingerprint density at radius 1 is 1.47 bits per heavy atom. The first kappa shape index (κ1) is 13.8. The second kappa shape index (κ2) is 5.37. The summed E-state index contributed by atoms with van der Waals surface area (Å²) >= 11 is 0. The highest BCUT2D eigenvalue weighted by Crippen LogP contribution is 2.26. The number of sulfone groups is 1. The van der Waals surface area contributed by atoms with Crippen LogP contribution in [-0.4, -0.2) is 32.9 Å². The smallest absolute Gasteiger partial charge is 0.177 e. The molecule has 4 N–H and O–H groups in total. The van der Waals surface area contributed by atoms with Gasteiger partial charge in [0.05, 0.1) is 16.3 Å². The molecule has 6 heteroatoms. The highest BCUT2D eigenvalue weighted by atomic mass is 32.2. The van der Waals surface area contributed by atoms with Crippen molar-refractivity contribution in [2.75, 3.05) is 30.5 Å². The molecule has 17 heavy (non-hydrogen) atoms. The predicted octanol–water partition coefficient (Wildman–Crippen LogP) is 0.713. The average molecular weight is 258 g/mol. The molecule has 96 valence electrons. The van der Waals surface area contributed by atoms with E-state index in [1.165, 1.54) is 6.07 Å². The van der Waals surface area contributed by atoms with Crippen molar-refractivity contribution in [3.05, 3.63) is 18.2 Å². The zero-order valence-corrected chi connectivity index (χ0v) is 10.8. The third-order valence-corrected chi connectivity index (χ3v) is 3.57. The van der Waals surface area contributed by atoms with Crippen molar-refractivity contribution in [1.82, 2.24) is 0 Å². The van der Waals surface area contributed by atoms with E-state index in [1.54, 1.807) is 12.1 Å². The molecule has 0 heterocycles. The number of nitrogens with one attached hydrogen (secondary N) is 1. The summed E-state index contributed by atoms with van der Waals surface area (Å²) in [6.07, 6.45) is 1.12. The first-order valence-corrected chi connectivity index (χ1v) is 7.18. The van der Waals surface area contributed by atoms with Crippen LogP contribution in [0, 0.1) is 5.92 Å². The highest BCUT2D eigenvalue weighted by molar-refractivity contribution is 7.90. The van der Waals surface area contributed by atoms with Crippen molar-refractivity contribution in [1.29, 1.82) is 0 Å². The molecule has 0 aliphatic heterocycles. The molecule has 0 aliphatic carbocycles. The Morgan fingerprint density at radius 2 is 2.12 bits per heavy atom. The van der Waals surface area contributed by atoms with Gasteiger partial charge in [-0.05, 0) is 18.1 Å². The summed E-state index contributed by atoms with van der Waals surface area (Å²) < 4.78 is 22.9. The average Bonchev–Trinajstić information content (AvgIpc) is 2.25. The third kappa shape index (κ3) is 3.61. The Morgan fingerprint density at radius 3 is 2.65 bits per heavy atom. The molecule has 5 nitrogen and oxygen atoms in total.